The van der Waals surface area contributed by atoms with E-state index in [0.717, 1.165) is 16.8 Å². The maximum absolute atomic E-state index is 10.2. The van der Waals surface area contributed by atoms with Crippen LogP contribution >= 0.6 is 11.8 Å². The number of hydrogen-bond donors (Lipinski definition) is 2. The molecule has 0 amide bonds. The zero-order valence-corrected chi connectivity index (χ0v) is 15.9. The average Bonchev–Trinajstić information content (AvgIpc) is 2.88. The molecule has 2 N–H and O–H groups in total. The second-order valence-corrected chi connectivity index (χ2v) is 6.95. The first-order chi connectivity index (χ1) is 13.7. The fourth-order valence-electron chi connectivity index (χ4n) is 2.86. The normalized spacial score (nSPS) is 14.7. The number of para-hydroxylation sites is 1. The fourth-order valence-corrected chi connectivity index (χ4v) is 3.38. The highest BCUT2D eigenvalue weighted by Crippen LogP contribution is 2.40. The van der Waals surface area contributed by atoms with E-state index in [2.05, 4.69) is 27.1 Å². The molecule has 3 aromatic rings. The van der Waals surface area contributed by atoms with Gasteiger partial charge < -0.3 is 19.9 Å². The Balaban J connectivity index is 1.78. The molecule has 0 fully saturated rings. The molecule has 28 heavy (non-hydrogen) atoms. The summed E-state index contributed by atoms with van der Waals surface area (Å²) in [4.78, 5) is 4.53. The van der Waals surface area contributed by atoms with Crippen molar-refractivity contribution in [2.45, 2.75) is 11.4 Å². The third kappa shape index (κ3) is 3.46. The zero-order valence-electron chi connectivity index (χ0n) is 15.1. The molecule has 7 nitrogen and oxygen atoms in total. The Bertz CT molecular complexity index is 1030. The van der Waals surface area contributed by atoms with Crippen LogP contribution in [-0.4, -0.2) is 33.2 Å². The van der Waals surface area contributed by atoms with Gasteiger partial charge in [-0.05, 0) is 24.3 Å². The summed E-state index contributed by atoms with van der Waals surface area (Å²) in [6.07, 6.45) is 1.20. The van der Waals surface area contributed by atoms with E-state index in [1.54, 1.807) is 18.2 Å². The van der Waals surface area contributed by atoms with Gasteiger partial charge in [0.25, 0.3) is 0 Å². The lowest BCUT2D eigenvalue weighted by atomic mass is 10.1. The van der Waals surface area contributed by atoms with Gasteiger partial charge in [-0.3, -0.25) is 0 Å². The Morgan fingerprint density at radius 2 is 2.14 bits per heavy atom. The predicted octanol–water partition coefficient (Wildman–Crippen LogP) is 4.03. The smallest absolute Gasteiger partial charge is 0.247 e. The molecule has 1 atom stereocenters. The minimum Gasteiger partial charge on any atom is -0.504 e. The average molecular weight is 394 g/mol. The Kier molecular flexibility index (Phi) is 5.03. The first kappa shape index (κ1) is 18.1. The van der Waals surface area contributed by atoms with Crippen LogP contribution < -0.4 is 14.8 Å². The predicted molar refractivity (Wildman–Crippen MR) is 108 cm³/mol. The molecule has 142 valence electrons. The van der Waals surface area contributed by atoms with Gasteiger partial charge in [-0.2, -0.15) is 4.98 Å². The SMILES string of the molecule is C=CCSc1nnc2c(n1)O[C@H](c1ccc(OC)c(O)c1)Nc1ccccc1-2. The summed E-state index contributed by atoms with van der Waals surface area (Å²) < 4.78 is 11.3. The number of phenols is 1. The molecule has 4 rings (SSSR count). The lowest BCUT2D eigenvalue weighted by Crippen LogP contribution is -2.17. The van der Waals surface area contributed by atoms with Gasteiger partial charge in [0.2, 0.25) is 11.0 Å². The molecule has 8 heteroatoms. The molecule has 1 aliphatic rings. The lowest BCUT2D eigenvalue weighted by molar-refractivity contribution is 0.224. The van der Waals surface area contributed by atoms with Gasteiger partial charge in [0.1, 0.15) is 0 Å². The highest BCUT2D eigenvalue weighted by Gasteiger charge is 2.26. The van der Waals surface area contributed by atoms with Gasteiger partial charge >= 0.3 is 0 Å². The van der Waals surface area contributed by atoms with E-state index >= 15 is 0 Å². The monoisotopic (exact) mass is 394 g/mol. The Morgan fingerprint density at radius 1 is 1.29 bits per heavy atom. The molecule has 0 saturated heterocycles. The lowest BCUT2D eigenvalue weighted by Gasteiger charge is -2.20. The number of nitrogens with one attached hydrogen (secondary N) is 1. The number of methoxy groups -OCH3 is 1. The fraction of sp³-hybridized carbons (Fsp3) is 0.150. The zero-order chi connectivity index (χ0) is 19.5. The van der Waals surface area contributed by atoms with Crippen molar-refractivity contribution in [3.8, 4) is 28.6 Å². The minimum absolute atomic E-state index is 0.0335. The van der Waals surface area contributed by atoms with Gasteiger partial charge in [-0.1, -0.05) is 36.0 Å². The Hall–Kier alpha value is -3.26. The summed E-state index contributed by atoms with van der Waals surface area (Å²) in [5.74, 6) is 1.47. The van der Waals surface area contributed by atoms with Crippen LogP contribution in [0.5, 0.6) is 17.4 Å². The van der Waals surface area contributed by atoms with Crippen molar-refractivity contribution in [2.24, 2.45) is 0 Å². The topological polar surface area (TPSA) is 89.4 Å². The third-order valence-corrected chi connectivity index (χ3v) is 5.00. The van der Waals surface area contributed by atoms with Crippen molar-refractivity contribution < 1.29 is 14.6 Å². The molecule has 0 saturated carbocycles. The first-order valence-corrected chi connectivity index (χ1v) is 9.56. The van der Waals surface area contributed by atoms with Crippen molar-refractivity contribution in [1.29, 1.82) is 0 Å². The second kappa shape index (κ2) is 7.77. The number of phenolic OH excluding ortho intramolecular Hbond substituents is 1. The molecule has 0 spiro atoms. The van der Waals surface area contributed by atoms with Crippen LogP contribution in [0.1, 0.15) is 11.8 Å². The number of fused-ring (bicyclic) bond motifs is 3. The number of benzene rings is 2. The summed E-state index contributed by atoms with van der Waals surface area (Å²) in [5.41, 5.74) is 2.97. The van der Waals surface area contributed by atoms with Gasteiger partial charge in [0.15, 0.2) is 23.4 Å². The molecule has 2 aromatic carbocycles. The molecule has 0 unspecified atom stereocenters. The molecule has 0 bridgehead atoms. The third-order valence-electron chi connectivity index (χ3n) is 4.17. The number of ether oxygens (including phenoxy) is 2. The molecular formula is C20H18N4O3S. The van der Waals surface area contributed by atoms with Crippen LogP contribution in [0.2, 0.25) is 0 Å². The van der Waals surface area contributed by atoms with E-state index < -0.39 is 6.23 Å². The van der Waals surface area contributed by atoms with Crippen LogP contribution in [-0.2, 0) is 0 Å². The Morgan fingerprint density at radius 3 is 2.93 bits per heavy atom. The van der Waals surface area contributed by atoms with Crippen LogP contribution in [0.15, 0.2) is 60.3 Å². The maximum Gasteiger partial charge on any atom is 0.247 e. The summed E-state index contributed by atoms with van der Waals surface area (Å²) in [5, 5.41) is 22.6. The van der Waals surface area contributed by atoms with Crippen LogP contribution in [0, 0.1) is 0 Å². The van der Waals surface area contributed by atoms with Gasteiger partial charge in [0.05, 0.1) is 7.11 Å². The summed E-state index contributed by atoms with van der Waals surface area (Å²) in [6.45, 7) is 3.71. The van der Waals surface area contributed by atoms with E-state index in [1.165, 1.54) is 18.9 Å². The van der Waals surface area contributed by atoms with Crippen molar-refractivity contribution >= 4 is 17.4 Å². The van der Waals surface area contributed by atoms with E-state index in [1.807, 2.05) is 30.3 Å². The maximum atomic E-state index is 10.2. The minimum atomic E-state index is -0.576. The quantitative estimate of drug-likeness (QED) is 0.495. The number of nitrogens with zero attached hydrogens (tertiary/aromatic N) is 3. The van der Waals surface area contributed by atoms with Crippen molar-refractivity contribution in [2.75, 3.05) is 18.2 Å². The van der Waals surface area contributed by atoms with E-state index in [4.69, 9.17) is 9.47 Å². The van der Waals surface area contributed by atoms with E-state index in [-0.39, 0.29) is 5.75 Å². The molecule has 0 radical (unpaired) electrons. The number of rotatable bonds is 5. The standard InChI is InChI=1S/C20H18N4O3S/c1-3-10-28-20-22-19-17(23-24-20)13-6-4-5-7-14(13)21-18(27-19)12-8-9-16(26-2)15(25)11-12/h3-9,11,18,21,25H,1,10H2,2H3/t18-/m1/s1. The first-order valence-electron chi connectivity index (χ1n) is 8.57. The van der Waals surface area contributed by atoms with Crippen molar-refractivity contribution in [1.82, 2.24) is 15.2 Å². The van der Waals surface area contributed by atoms with Crippen LogP contribution in [0.25, 0.3) is 11.3 Å². The Labute approximate surface area is 166 Å². The summed E-state index contributed by atoms with van der Waals surface area (Å²) in [6, 6.07) is 12.8. The molecule has 1 aromatic heterocycles. The molecule has 1 aliphatic heterocycles. The number of hydrogen-bond acceptors (Lipinski definition) is 8. The summed E-state index contributed by atoms with van der Waals surface area (Å²) in [7, 11) is 1.51. The van der Waals surface area contributed by atoms with Crippen LogP contribution in [0.3, 0.4) is 0 Å². The van der Waals surface area contributed by atoms with Crippen molar-refractivity contribution in [3.05, 3.63) is 60.7 Å². The van der Waals surface area contributed by atoms with Gasteiger partial charge in [-0.15, -0.1) is 16.8 Å². The van der Waals surface area contributed by atoms with Gasteiger partial charge in [0, 0.05) is 22.6 Å². The number of anilines is 1. The second-order valence-electron chi connectivity index (χ2n) is 5.97. The van der Waals surface area contributed by atoms with Crippen molar-refractivity contribution in [3.63, 3.8) is 0 Å². The van der Waals surface area contributed by atoms with Gasteiger partial charge in [-0.25, -0.2) is 0 Å². The molecule has 0 aliphatic carbocycles. The van der Waals surface area contributed by atoms with Crippen LogP contribution in [0.4, 0.5) is 5.69 Å². The highest BCUT2D eigenvalue weighted by atomic mass is 32.2. The molecular weight excluding hydrogens is 376 g/mol. The number of aromatic nitrogens is 3. The summed E-state index contributed by atoms with van der Waals surface area (Å²) >= 11 is 1.43. The van der Waals surface area contributed by atoms with E-state index in [9.17, 15) is 5.11 Å². The van der Waals surface area contributed by atoms with E-state index in [0.29, 0.717) is 28.2 Å². The highest BCUT2D eigenvalue weighted by molar-refractivity contribution is 7.99. The number of thioether (sulfide) groups is 1. The largest absolute Gasteiger partial charge is 0.504 e. The number of aromatic hydroxyl groups is 1. The molecule has 2 heterocycles.